The minimum atomic E-state index is -0.176. The van der Waals surface area contributed by atoms with Gasteiger partial charge in [0.25, 0.3) is 11.5 Å². The van der Waals surface area contributed by atoms with E-state index in [2.05, 4.69) is 36.3 Å². The summed E-state index contributed by atoms with van der Waals surface area (Å²) in [5.74, 6) is -0.0933. The van der Waals surface area contributed by atoms with Crippen molar-refractivity contribution in [2.75, 3.05) is 6.54 Å². The van der Waals surface area contributed by atoms with Crippen LogP contribution in [0.2, 0.25) is 0 Å². The minimum absolute atomic E-state index is 0.0933. The molecule has 0 N–H and O–H groups in total. The van der Waals surface area contributed by atoms with Crippen molar-refractivity contribution in [3.8, 4) is 0 Å². The summed E-state index contributed by atoms with van der Waals surface area (Å²) in [4.78, 5) is 29.2. The number of rotatable bonds is 6. The topological polar surface area (TPSA) is 55.2 Å². The van der Waals surface area contributed by atoms with E-state index in [1.54, 1.807) is 6.07 Å². The number of fused-ring (bicyclic) bond motifs is 2. The van der Waals surface area contributed by atoms with Gasteiger partial charge in [0.2, 0.25) is 0 Å². The quantitative estimate of drug-likeness (QED) is 0.421. The Morgan fingerprint density at radius 3 is 2.38 bits per heavy atom. The van der Waals surface area contributed by atoms with Crippen molar-refractivity contribution in [3.05, 3.63) is 112 Å². The number of amides is 1. The Morgan fingerprint density at radius 1 is 0.941 bits per heavy atom. The second kappa shape index (κ2) is 9.64. The van der Waals surface area contributed by atoms with Crippen LogP contribution in [-0.2, 0) is 19.4 Å². The van der Waals surface area contributed by atoms with Crippen LogP contribution in [0.3, 0.4) is 0 Å². The highest BCUT2D eigenvalue weighted by Crippen LogP contribution is 2.26. The van der Waals surface area contributed by atoms with Crippen molar-refractivity contribution in [1.29, 1.82) is 0 Å². The van der Waals surface area contributed by atoms with E-state index in [1.165, 1.54) is 15.8 Å². The van der Waals surface area contributed by atoms with Crippen LogP contribution < -0.4 is 5.56 Å². The lowest BCUT2D eigenvalue weighted by Gasteiger charge is -2.35. The molecule has 172 valence electrons. The van der Waals surface area contributed by atoms with Crippen molar-refractivity contribution in [2.45, 2.75) is 45.2 Å². The molecule has 0 aliphatic heterocycles. The molecule has 1 atom stereocenters. The predicted octanol–water partition coefficient (Wildman–Crippen LogP) is 4.85. The number of carbonyl (C=O) groups is 1. The van der Waals surface area contributed by atoms with Crippen molar-refractivity contribution in [1.82, 2.24) is 14.7 Å². The van der Waals surface area contributed by atoms with Crippen LogP contribution in [-0.4, -0.2) is 33.2 Å². The number of benzene rings is 3. The van der Waals surface area contributed by atoms with E-state index >= 15 is 0 Å². The van der Waals surface area contributed by atoms with E-state index in [0.717, 1.165) is 31.2 Å². The first-order valence-electron chi connectivity index (χ1n) is 12.1. The molecular formula is C29H29N3O2. The molecule has 1 heterocycles. The number of nitrogens with zero attached hydrogens (tertiary/aromatic N) is 3. The van der Waals surface area contributed by atoms with Gasteiger partial charge in [0, 0.05) is 18.0 Å². The molecule has 0 unspecified atom stereocenters. The normalized spacial score (nSPS) is 15.1. The molecule has 0 fully saturated rings. The first kappa shape index (κ1) is 22.1. The number of hydrogen-bond acceptors (Lipinski definition) is 3. The second-order valence-corrected chi connectivity index (χ2v) is 9.01. The molecule has 0 saturated carbocycles. The summed E-state index contributed by atoms with van der Waals surface area (Å²) in [6.07, 6.45) is 3.62. The molecule has 5 rings (SSSR count). The highest BCUT2D eigenvalue weighted by atomic mass is 16.2. The number of aryl methyl sites for hydroxylation is 1. The second-order valence-electron chi connectivity index (χ2n) is 9.01. The molecule has 1 aromatic heterocycles. The Bertz CT molecular complexity index is 1380. The first-order chi connectivity index (χ1) is 16.7. The van der Waals surface area contributed by atoms with E-state index in [-0.39, 0.29) is 17.5 Å². The standard InChI is InChI=1S/C29H29N3O2/c1-2-18-31(24-17-16-22-12-6-7-13-23(22)19-24)29(34)27-25-14-8-9-15-26(25)28(33)32(30-27)20-21-10-4-3-5-11-21/h3-15,24H,2,16-20H2,1H3/t24-/m0/s1. The molecule has 1 aliphatic rings. The number of carbonyl (C=O) groups excluding carboxylic acids is 1. The summed E-state index contributed by atoms with van der Waals surface area (Å²) in [6, 6.07) is 25.7. The largest absolute Gasteiger partial charge is 0.334 e. The summed E-state index contributed by atoms with van der Waals surface area (Å²) in [5.41, 5.74) is 3.85. The Kier molecular flexibility index (Phi) is 6.26. The van der Waals surface area contributed by atoms with Crippen LogP contribution in [0.4, 0.5) is 0 Å². The summed E-state index contributed by atoms with van der Waals surface area (Å²) < 4.78 is 1.44. The molecular weight excluding hydrogens is 422 g/mol. The van der Waals surface area contributed by atoms with Crippen molar-refractivity contribution in [2.24, 2.45) is 0 Å². The third kappa shape index (κ3) is 4.26. The lowest BCUT2D eigenvalue weighted by atomic mass is 9.87. The smallest absolute Gasteiger partial charge is 0.275 e. The van der Waals surface area contributed by atoms with Crippen LogP contribution in [0.1, 0.15) is 46.9 Å². The van der Waals surface area contributed by atoms with Gasteiger partial charge >= 0.3 is 0 Å². The molecule has 0 saturated heterocycles. The summed E-state index contributed by atoms with van der Waals surface area (Å²) >= 11 is 0. The van der Waals surface area contributed by atoms with Gasteiger partial charge in [0.1, 0.15) is 0 Å². The van der Waals surface area contributed by atoms with Crippen LogP contribution in [0.15, 0.2) is 83.7 Å². The van der Waals surface area contributed by atoms with Crippen LogP contribution in [0.25, 0.3) is 10.8 Å². The third-order valence-corrected chi connectivity index (χ3v) is 6.73. The van der Waals surface area contributed by atoms with Gasteiger partial charge in [0.15, 0.2) is 5.69 Å². The van der Waals surface area contributed by atoms with Crippen LogP contribution >= 0.6 is 0 Å². The van der Waals surface area contributed by atoms with Gasteiger partial charge in [-0.25, -0.2) is 4.68 Å². The molecule has 1 amide bonds. The Morgan fingerprint density at radius 2 is 1.62 bits per heavy atom. The molecule has 1 aliphatic carbocycles. The maximum atomic E-state index is 14.0. The van der Waals surface area contributed by atoms with Crippen LogP contribution in [0.5, 0.6) is 0 Å². The molecule has 34 heavy (non-hydrogen) atoms. The maximum absolute atomic E-state index is 14.0. The Hall–Kier alpha value is -3.73. The fourth-order valence-corrected chi connectivity index (χ4v) is 5.03. The maximum Gasteiger partial charge on any atom is 0.275 e. The van der Waals surface area contributed by atoms with Gasteiger partial charge in [-0.3, -0.25) is 9.59 Å². The molecule has 5 nitrogen and oxygen atoms in total. The lowest BCUT2D eigenvalue weighted by molar-refractivity contribution is 0.0655. The monoisotopic (exact) mass is 451 g/mol. The lowest BCUT2D eigenvalue weighted by Crippen LogP contribution is -2.45. The molecule has 0 spiro atoms. The highest BCUT2D eigenvalue weighted by molar-refractivity contribution is 6.04. The molecule has 3 aromatic carbocycles. The van der Waals surface area contributed by atoms with Crippen LogP contribution in [0, 0.1) is 0 Å². The van der Waals surface area contributed by atoms with Gasteiger partial charge in [0.05, 0.1) is 11.9 Å². The van der Waals surface area contributed by atoms with Gasteiger partial charge in [-0.05, 0) is 48.4 Å². The molecule has 4 aromatic rings. The first-order valence-corrected chi connectivity index (χ1v) is 12.1. The minimum Gasteiger partial charge on any atom is -0.334 e. The van der Waals surface area contributed by atoms with E-state index in [4.69, 9.17) is 0 Å². The summed E-state index contributed by atoms with van der Waals surface area (Å²) in [6.45, 7) is 3.09. The predicted molar refractivity (Wildman–Crippen MR) is 135 cm³/mol. The summed E-state index contributed by atoms with van der Waals surface area (Å²) in [7, 11) is 0. The average Bonchev–Trinajstić information content (AvgIpc) is 2.89. The van der Waals surface area contributed by atoms with Gasteiger partial charge < -0.3 is 4.90 Å². The van der Waals surface area contributed by atoms with Crippen molar-refractivity contribution >= 4 is 16.7 Å². The zero-order valence-corrected chi connectivity index (χ0v) is 19.5. The van der Waals surface area contributed by atoms with Crippen molar-refractivity contribution in [3.63, 3.8) is 0 Å². The molecule has 0 radical (unpaired) electrons. The fraction of sp³-hybridized carbons (Fsp3) is 0.276. The summed E-state index contributed by atoms with van der Waals surface area (Å²) in [5, 5.41) is 5.80. The SMILES string of the molecule is CCCN(C(=O)c1nn(Cc2ccccc2)c(=O)c2ccccc12)[C@H]1CCc2ccccc2C1. The average molecular weight is 452 g/mol. The zero-order valence-electron chi connectivity index (χ0n) is 19.5. The van der Waals surface area contributed by atoms with Gasteiger partial charge in [-0.15, -0.1) is 0 Å². The molecule has 5 heteroatoms. The Labute approximate surface area is 199 Å². The zero-order chi connectivity index (χ0) is 23.5. The molecule has 0 bridgehead atoms. The van der Waals surface area contributed by atoms with Crippen molar-refractivity contribution < 1.29 is 4.79 Å². The van der Waals surface area contributed by atoms with E-state index < -0.39 is 0 Å². The van der Waals surface area contributed by atoms with Gasteiger partial charge in [-0.2, -0.15) is 5.10 Å². The number of hydrogen-bond donors (Lipinski definition) is 0. The van der Waals surface area contributed by atoms with E-state index in [1.807, 2.05) is 53.4 Å². The van der Waals surface area contributed by atoms with E-state index in [0.29, 0.717) is 29.6 Å². The fourth-order valence-electron chi connectivity index (χ4n) is 5.03. The Balaban J connectivity index is 1.55. The van der Waals surface area contributed by atoms with E-state index in [9.17, 15) is 9.59 Å². The van der Waals surface area contributed by atoms with Gasteiger partial charge in [-0.1, -0.05) is 79.7 Å². The third-order valence-electron chi connectivity index (χ3n) is 6.73. The highest BCUT2D eigenvalue weighted by Gasteiger charge is 2.30. The number of aromatic nitrogens is 2.